The molecule has 2 aliphatic heterocycles. The van der Waals surface area contributed by atoms with Crippen molar-refractivity contribution in [1.29, 1.82) is 5.53 Å². The van der Waals surface area contributed by atoms with Crippen LogP contribution in [0.1, 0.15) is 46.1 Å². The van der Waals surface area contributed by atoms with Crippen molar-refractivity contribution in [3.63, 3.8) is 0 Å². The van der Waals surface area contributed by atoms with Crippen molar-refractivity contribution in [1.82, 2.24) is 39.3 Å². The van der Waals surface area contributed by atoms with Gasteiger partial charge in [-0.3, -0.25) is 22.7 Å². The summed E-state index contributed by atoms with van der Waals surface area (Å²) in [6.07, 6.45) is -6.89. The van der Waals surface area contributed by atoms with Gasteiger partial charge >= 0.3 is 33.4 Å². The fourth-order valence-electron chi connectivity index (χ4n) is 6.16. The maximum Gasteiger partial charge on any atom is 0.472 e. The lowest BCUT2D eigenvalue weighted by molar-refractivity contribution is -0.159. The molecule has 0 bridgehead atoms. The van der Waals surface area contributed by atoms with Gasteiger partial charge in [-0.15, -0.1) is 0 Å². The van der Waals surface area contributed by atoms with Gasteiger partial charge in [-0.25, -0.2) is 38.5 Å². The first kappa shape index (κ1) is 48.9. The number of nitrogen functional groups attached to an aromatic ring is 2. The number of alkyl carbamates (subject to hydrolysis) is 1. The number of carbonyl (C=O) groups excluding carboxylic acids is 2. The molecule has 10 N–H and O–H groups in total. The van der Waals surface area contributed by atoms with Crippen molar-refractivity contribution in [2.45, 2.75) is 93.5 Å². The first-order chi connectivity index (χ1) is 29.1. The molecule has 3 aromatic rings. The fraction of sp³-hybridized carbons (Fsp3) is 0.633. The predicted molar refractivity (Wildman–Crippen MR) is 214 cm³/mol. The number of esters is 1. The molecule has 342 valence electrons. The van der Waals surface area contributed by atoms with Crippen LogP contribution in [0, 0.1) is 5.53 Å². The number of amides is 1. The number of nitrogens with zero attached hydrogens (tertiary/aromatic N) is 8. The van der Waals surface area contributed by atoms with Crippen molar-refractivity contribution >= 4 is 72.1 Å². The van der Waals surface area contributed by atoms with E-state index in [-0.39, 0.29) is 42.2 Å². The Bertz CT molecular complexity index is 2280. The number of aliphatic hydroxyl groups is 1. The van der Waals surface area contributed by atoms with Gasteiger partial charge in [0, 0.05) is 17.9 Å². The molecule has 2 fully saturated rings. The van der Waals surface area contributed by atoms with E-state index in [1.165, 1.54) is 44.7 Å². The molecule has 28 nitrogen and oxygen atoms in total. The minimum absolute atomic E-state index is 0.0127. The van der Waals surface area contributed by atoms with Crippen LogP contribution in [-0.4, -0.2) is 134 Å². The van der Waals surface area contributed by atoms with Crippen LogP contribution in [0.2, 0.25) is 0 Å². The van der Waals surface area contributed by atoms with E-state index in [1.807, 2.05) is 0 Å². The maximum absolute atomic E-state index is 14.0. The molecule has 0 aromatic carbocycles. The van der Waals surface area contributed by atoms with Crippen molar-refractivity contribution in [3.8, 4) is 0 Å². The third-order valence-electron chi connectivity index (χ3n) is 8.71. The number of phosphoric acid groups is 2. The molecule has 2 saturated heterocycles. The van der Waals surface area contributed by atoms with Gasteiger partial charge in [0.15, 0.2) is 23.8 Å². The minimum atomic E-state index is -5.26. The molecule has 32 heteroatoms. The number of nitrogens with two attached hydrogens (primary N) is 2. The largest absolute Gasteiger partial charge is 0.472 e. The topological polar surface area (TPSA) is 407 Å². The van der Waals surface area contributed by atoms with Crippen LogP contribution in [-0.2, 0) is 46.4 Å². The van der Waals surface area contributed by atoms with Gasteiger partial charge in [-0.05, 0) is 39.5 Å². The second kappa shape index (κ2) is 20.6. The predicted octanol–water partition coefficient (Wildman–Crippen LogP) is 0.530. The lowest BCUT2D eigenvalue weighted by atomic mass is 10.1. The molecule has 3 aromatic heterocycles. The molecular formula is C30H45N12O16P2S2+. The molecule has 5 heterocycles. The molecule has 2 aliphatic rings. The quantitative estimate of drug-likeness (QED) is 0.0267. The molecule has 0 radical (unpaired) electrons. The first-order valence-electron chi connectivity index (χ1n) is 18.1. The summed E-state index contributed by atoms with van der Waals surface area (Å²) in [5, 5.41) is 17.4. The second-order valence-corrected chi connectivity index (χ2v) is 19.8. The first-order valence-corrected chi connectivity index (χ1v) is 23.8. The summed E-state index contributed by atoms with van der Waals surface area (Å²) in [6.45, 7) is 2.99. The van der Waals surface area contributed by atoms with E-state index in [0.717, 1.165) is 10.9 Å². The number of hydrogen-bond acceptors (Lipinski definition) is 23. The summed E-state index contributed by atoms with van der Waals surface area (Å²) in [6, 6.07) is -0.187. The third-order valence-corrected chi connectivity index (χ3v) is 12.4. The van der Waals surface area contributed by atoms with Crippen molar-refractivity contribution in [2.75, 3.05) is 37.5 Å². The number of aromatic nitrogens is 6. The van der Waals surface area contributed by atoms with Gasteiger partial charge in [0.1, 0.15) is 77.1 Å². The van der Waals surface area contributed by atoms with Crippen LogP contribution in [0.15, 0.2) is 34.8 Å². The van der Waals surface area contributed by atoms with Gasteiger partial charge in [0.05, 0.1) is 19.5 Å². The highest BCUT2D eigenvalue weighted by Gasteiger charge is 2.50. The van der Waals surface area contributed by atoms with Crippen LogP contribution in [0.3, 0.4) is 0 Å². The van der Waals surface area contributed by atoms with Crippen LogP contribution >= 0.6 is 37.2 Å². The average Bonchev–Trinajstić information content (AvgIpc) is 3.86. The molecule has 0 spiro atoms. The number of aliphatic hydroxyl groups excluding tert-OH is 1. The van der Waals surface area contributed by atoms with E-state index in [2.05, 4.69) is 39.8 Å². The Morgan fingerprint density at radius 3 is 2.52 bits per heavy atom. The number of fused-ring (bicyclic) bond motifs is 1. The number of imidazole rings is 1. The number of rotatable bonds is 19. The normalized spacial score (nSPS) is 24.8. The summed E-state index contributed by atoms with van der Waals surface area (Å²) in [5.74, 6) is -1.23. The summed E-state index contributed by atoms with van der Waals surface area (Å²) in [7, 11) is -7.75. The van der Waals surface area contributed by atoms with Crippen molar-refractivity contribution in [3.05, 3.63) is 35.4 Å². The Kier molecular flexibility index (Phi) is 16.2. The highest BCUT2D eigenvalue weighted by molar-refractivity contribution is 8.76. The Labute approximate surface area is 358 Å². The van der Waals surface area contributed by atoms with Gasteiger partial charge in [-0.2, -0.15) is 4.98 Å². The van der Waals surface area contributed by atoms with Crippen LogP contribution in [0.25, 0.3) is 11.2 Å². The maximum atomic E-state index is 14.0. The zero-order valence-corrected chi connectivity index (χ0v) is 36.6. The lowest BCUT2D eigenvalue weighted by Gasteiger charge is -2.27. The van der Waals surface area contributed by atoms with Crippen molar-refractivity contribution < 1.29 is 71.0 Å². The Balaban J connectivity index is 1.41. The molecule has 2 unspecified atom stereocenters. The molecular weight excluding hydrogens is 910 g/mol. The number of hydrogen-bond donors (Lipinski definition) is 8. The zero-order chi connectivity index (χ0) is 45.6. The van der Waals surface area contributed by atoms with Crippen LogP contribution in [0.5, 0.6) is 0 Å². The summed E-state index contributed by atoms with van der Waals surface area (Å²) >= 11 is 0. The summed E-state index contributed by atoms with van der Waals surface area (Å²) in [4.78, 5) is 87.9. The van der Waals surface area contributed by atoms with Gasteiger partial charge in [-0.1, -0.05) is 21.6 Å². The monoisotopic (exact) mass is 955 g/mol. The standard InChI is InChI=1S/C30H44N12O16P2S2/c1-30(2,3)57-29(46)38-15(7-14(62-61-4)9-37-40-33)27(44)56-23-18(55-26(22(23)43)42-13-36-21-24(32)34-12-35-25(21)42)11-53-60(50,51)58-16-8-20(41-6-5-19(31)39-28(41)45)54-17(16)10-52-59(47,48)49/h5-6,12-18,20,22-23,26,33,43H,7-11H2,1-4H3,(H7-,31,32,34,35,38,39,45,46,47,48,49,50,51)/p+1/t14?,15-,16-,17+,18+,20+,22+,23+,26+/m0/s1. The van der Waals surface area contributed by atoms with E-state index in [9.17, 15) is 43.3 Å². The number of phosphoric ester groups is 2. The smallest absolute Gasteiger partial charge is 0.455 e. The Morgan fingerprint density at radius 1 is 1.13 bits per heavy atom. The summed E-state index contributed by atoms with van der Waals surface area (Å²) < 4.78 is 65.5. The van der Waals surface area contributed by atoms with Crippen molar-refractivity contribution in [2.24, 2.45) is 5.11 Å². The zero-order valence-electron chi connectivity index (χ0n) is 33.2. The third kappa shape index (κ3) is 13.2. The van der Waals surface area contributed by atoms with Gasteiger partial charge in [0.2, 0.25) is 4.91 Å². The van der Waals surface area contributed by atoms with Crippen LogP contribution < -0.4 is 27.4 Å². The average molecular weight is 956 g/mol. The molecule has 0 saturated carbocycles. The van der Waals surface area contributed by atoms with E-state index < -0.39 is 106 Å². The van der Waals surface area contributed by atoms with E-state index >= 15 is 0 Å². The van der Waals surface area contributed by atoms with Gasteiger partial charge < -0.3 is 55.5 Å². The second-order valence-electron chi connectivity index (χ2n) is 14.4. The van der Waals surface area contributed by atoms with E-state index in [1.54, 1.807) is 27.0 Å². The number of nitrogens with one attached hydrogen (secondary N) is 2. The molecule has 1 amide bonds. The van der Waals surface area contributed by atoms with Gasteiger partial charge in [0.25, 0.3) is 0 Å². The van der Waals surface area contributed by atoms with Crippen LogP contribution in [0.4, 0.5) is 16.4 Å². The minimum Gasteiger partial charge on any atom is -0.455 e. The van der Waals surface area contributed by atoms with E-state index in [4.69, 9.17) is 45.0 Å². The molecule has 10 atom stereocenters. The summed E-state index contributed by atoms with van der Waals surface area (Å²) in [5.41, 5.74) is 17.0. The van der Waals surface area contributed by atoms with E-state index in [0.29, 0.717) is 0 Å². The Hall–Kier alpha value is -4.12. The highest BCUT2D eigenvalue weighted by atomic mass is 33.1. The molecule has 0 aliphatic carbocycles. The number of carbonyl (C=O) groups is 2. The number of ether oxygens (including phenoxy) is 4. The Morgan fingerprint density at radius 2 is 1.85 bits per heavy atom. The fourth-order valence-corrected chi connectivity index (χ4v) is 9.36. The molecule has 62 heavy (non-hydrogen) atoms. The number of anilines is 2. The SMILES string of the molecule is CSSC(CN=[N+]=N)C[C@H](NC(=O)OC(C)(C)C)C(=O)O[C@H]1[C@@H](O)[C@H](n2cnc3c(N)ncnc32)O[C@@H]1COP(=O)(O)O[C@H]1C[C@H](n2ccc(N)nc2=O)O[C@@H]1COP(=O)(O)O. The molecule has 5 rings (SSSR count). The lowest BCUT2D eigenvalue weighted by Crippen LogP contribution is -2.49. The highest BCUT2D eigenvalue weighted by Crippen LogP contribution is 2.50.